The fraction of sp³-hybridized carbons (Fsp3) is 0.312. The lowest BCUT2D eigenvalue weighted by molar-refractivity contribution is -0.136. The summed E-state index contributed by atoms with van der Waals surface area (Å²) in [5.74, 6) is -1.06. The van der Waals surface area contributed by atoms with Crippen LogP contribution in [0.1, 0.15) is 41.6 Å². The smallest absolute Gasteiger partial charge is 0.493 e. The highest BCUT2D eigenvalue weighted by molar-refractivity contribution is 7.99. The van der Waals surface area contributed by atoms with Gasteiger partial charge in [-0.15, -0.1) is 0 Å². The Bertz CT molecular complexity index is 2160. The number of rotatable bonds is 11. The first-order chi connectivity index (χ1) is 23.9. The molecule has 1 aliphatic rings. The van der Waals surface area contributed by atoms with Crippen molar-refractivity contribution >= 4 is 52.2 Å². The summed E-state index contributed by atoms with van der Waals surface area (Å²) in [6.45, 7) is 5.41. The van der Waals surface area contributed by atoms with Crippen LogP contribution in [0.25, 0.3) is 5.65 Å². The molecule has 1 aliphatic heterocycles. The quantitative estimate of drug-likeness (QED) is 0.123. The molecule has 6 rings (SSSR count). The number of piperidine rings is 1. The number of aromatic hydroxyl groups is 1. The van der Waals surface area contributed by atoms with Gasteiger partial charge in [0.15, 0.2) is 17.1 Å². The van der Waals surface area contributed by atoms with Crippen LogP contribution >= 0.6 is 23.4 Å². The molecule has 1 saturated heterocycles. The number of aromatic nitrogens is 4. The predicted molar refractivity (Wildman–Crippen MR) is 183 cm³/mol. The first-order valence-corrected chi connectivity index (χ1v) is 16.6. The van der Waals surface area contributed by atoms with Crippen LogP contribution in [-0.2, 0) is 11.3 Å². The van der Waals surface area contributed by atoms with Gasteiger partial charge in [0.25, 0.3) is 11.5 Å². The van der Waals surface area contributed by atoms with Crippen LogP contribution in [0, 0.1) is 12.3 Å². The van der Waals surface area contributed by atoms with Crippen LogP contribution in [0.15, 0.2) is 77.1 Å². The van der Waals surface area contributed by atoms with E-state index in [1.807, 2.05) is 0 Å². The van der Waals surface area contributed by atoms with E-state index in [-0.39, 0.29) is 40.0 Å². The lowest BCUT2D eigenvalue weighted by atomic mass is 9.80. The van der Waals surface area contributed by atoms with Gasteiger partial charge in [0.05, 0.1) is 16.9 Å². The summed E-state index contributed by atoms with van der Waals surface area (Å²) >= 11 is 7.81. The lowest BCUT2D eigenvalue weighted by Crippen LogP contribution is -2.46. The molecule has 1 atom stereocenters. The second-order valence-corrected chi connectivity index (χ2v) is 13.3. The minimum absolute atomic E-state index is 0.114. The molecule has 18 heteroatoms. The normalized spacial score (nSPS) is 14.9. The molecule has 16 nitrogen and oxygen atoms in total. The summed E-state index contributed by atoms with van der Waals surface area (Å²) < 4.78 is 16.2. The Morgan fingerprint density at radius 1 is 1.18 bits per heavy atom. The topological polar surface area (TPSA) is 224 Å². The van der Waals surface area contributed by atoms with E-state index in [2.05, 4.69) is 37.4 Å². The van der Waals surface area contributed by atoms with Gasteiger partial charge in [-0.1, -0.05) is 42.4 Å². The van der Waals surface area contributed by atoms with E-state index < -0.39 is 35.1 Å². The number of aliphatic hydroxyl groups is 1. The van der Waals surface area contributed by atoms with E-state index in [1.54, 1.807) is 43.5 Å². The van der Waals surface area contributed by atoms with E-state index in [4.69, 9.17) is 30.9 Å². The molecule has 0 bridgehead atoms. The summed E-state index contributed by atoms with van der Waals surface area (Å²) in [7, 11) is 0. The minimum Gasteiger partial charge on any atom is -0.493 e. The number of pyridine rings is 1. The summed E-state index contributed by atoms with van der Waals surface area (Å²) in [5.41, 5.74) is 5.33. The fourth-order valence-corrected chi connectivity index (χ4v) is 6.47. The number of halogens is 1. The largest absolute Gasteiger partial charge is 0.519 e. The van der Waals surface area contributed by atoms with Crippen molar-refractivity contribution in [2.45, 2.75) is 49.6 Å². The second-order valence-electron chi connectivity index (χ2n) is 11.9. The van der Waals surface area contributed by atoms with Crippen molar-refractivity contribution in [3.63, 3.8) is 0 Å². The summed E-state index contributed by atoms with van der Waals surface area (Å²) in [6.07, 6.45) is 3.40. The highest BCUT2D eigenvalue weighted by atomic mass is 35.5. The molecule has 5 heterocycles. The molecule has 50 heavy (non-hydrogen) atoms. The molecule has 0 saturated carbocycles. The van der Waals surface area contributed by atoms with Crippen molar-refractivity contribution in [3.8, 4) is 5.88 Å². The number of carbonyl (C=O) groups is 1. The number of carbonyl (C=O) groups excluding carboxylic acids is 1. The van der Waals surface area contributed by atoms with Gasteiger partial charge in [0, 0.05) is 30.7 Å². The van der Waals surface area contributed by atoms with Crippen molar-refractivity contribution in [1.82, 2.24) is 24.7 Å². The zero-order chi connectivity index (χ0) is 35.6. The van der Waals surface area contributed by atoms with Crippen LogP contribution in [0.3, 0.4) is 0 Å². The molecule has 5 aromatic rings. The second kappa shape index (κ2) is 14.5. The number of amides is 1. The highest BCUT2D eigenvalue weighted by Crippen LogP contribution is 2.39. The van der Waals surface area contributed by atoms with Crippen molar-refractivity contribution in [3.05, 3.63) is 91.9 Å². The van der Waals surface area contributed by atoms with Gasteiger partial charge in [-0.05, 0) is 49.4 Å². The molecule has 1 fully saturated rings. The molecule has 1 amide bonds. The molecule has 262 valence electrons. The number of aliphatic hydroxyl groups excluding tert-OH is 1. The number of fused-ring (bicyclic) bond motifs is 1. The Hall–Kier alpha value is -4.94. The molecule has 6 N–H and O–H groups in total. The fourth-order valence-electron chi connectivity index (χ4n) is 5.37. The molecule has 4 aromatic heterocycles. The number of nitrogens with zero attached hydrogens (tertiary/aromatic N) is 5. The number of hydrogen-bond donors (Lipinski definition) is 5. The maximum Gasteiger partial charge on any atom is 0.519 e. The first kappa shape index (κ1) is 34.9. The van der Waals surface area contributed by atoms with Crippen molar-refractivity contribution in [2.24, 2.45) is 5.41 Å². The zero-order valence-electron chi connectivity index (χ0n) is 26.9. The van der Waals surface area contributed by atoms with Crippen LogP contribution in [0.4, 0.5) is 17.3 Å². The number of hydrogen-bond acceptors (Lipinski definition) is 15. The van der Waals surface area contributed by atoms with Gasteiger partial charge in [0.1, 0.15) is 28.9 Å². The SMILES string of the molecule is Cc1oc(=O)oc1COC(O)NCC1(C)CCN(c2cnc(Sc3cccc(NC(=O)c4c(O)nc5ccccn5c4=O)c3Cl)c(N)n2)CC1. The average molecular weight is 725 g/mol. The third-order valence-electron chi connectivity index (χ3n) is 8.32. The number of nitrogen functional groups attached to an aromatic ring is 1. The van der Waals surface area contributed by atoms with Gasteiger partial charge in [0.2, 0.25) is 12.3 Å². The van der Waals surface area contributed by atoms with Crippen molar-refractivity contribution < 1.29 is 28.6 Å². The van der Waals surface area contributed by atoms with Gasteiger partial charge >= 0.3 is 5.82 Å². The summed E-state index contributed by atoms with van der Waals surface area (Å²) in [6, 6.07) is 9.74. The lowest BCUT2D eigenvalue weighted by Gasteiger charge is -2.40. The van der Waals surface area contributed by atoms with Gasteiger partial charge in [-0.2, -0.15) is 4.98 Å². The van der Waals surface area contributed by atoms with Crippen LogP contribution < -0.4 is 32.6 Å². The number of ether oxygens (including phenoxy) is 1. The van der Waals surface area contributed by atoms with Crippen LogP contribution in [0.2, 0.25) is 5.02 Å². The van der Waals surface area contributed by atoms with Crippen molar-refractivity contribution in [2.75, 3.05) is 35.6 Å². The van der Waals surface area contributed by atoms with E-state index in [0.29, 0.717) is 41.1 Å². The Morgan fingerprint density at radius 3 is 2.68 bits per heavy atom. The summed E-state index contributed by atoms with van der Waals surface area (Å²) in [4.78, 5) is 52.8. The number of nitrogens with two attached hydrogens (primary N) is 1. The van der Waals surface area contributed by atoms with Gasteiger partial charge in [-0.25, -0.2) is 14.8 Å². The van der Waals surface area contributed by atoms with Crippen molar-refractivity contribution in [1.29, 1.82) is 0 Å². The van der Waals surface area contributed by atoms with E-state index >= 15 is 0 Å². The maximum absolute atomic E-state index is 13.1. The van der Waals surface area contributed by atoms with Crippen LogP contribution in [-0.4, -0.2) is 61.5 Å². The van der Waals surface area contributed by atoms with E-state index in [9.17, 15) is 24.6 Å². The number of aryl methyl sites for hydroxylation is 1. The Kier molecular flexibility index (Phi) is 10.1. The minimum atomic E-state index is -1.26. The molecule has 1 unspecified atom stereocenters. The Morgan fingerprint density at radius 2 is 1.96 bits per heavy atom. The first-order valence-electron chi connectivity index (χ1n) is 15.4. The highest BCUT2D eigenvalue weighted by Gasteiger charge is 2.31. The summed E-state index contributed by atoms with van der Waals surface area (Å²) in [5, 5.41) is 26.7. The number of anilines is 3. The monoisotopic (exact) mass is 724 g/mol. The number of benzene rings is 1. The number of nitrogens with one attached hydrogen (secondary N) is 2. The zero-order valence-corrected chi connectivity index (χ0v) is 28.5. The van der Waals surface area contributed by atoms with Gasteiger partial charge in [-0.3, -0.25) is 19.3 Å². The van der Waals surface area contributed by atoms with Gasteiger partial charge < -0.3 is 39.7 Å². The van der Waals surface area contributed by atoms with E-state index in [0.717, 1.165) is 29.0 Å². The maximum atomic E-state index is 13.1. The Balaban J connectivity index is 1.05. The molecule has 0 spiro atoms. The predicted octanol–water partition coefficient (Wildman–Crippen LogP) is 3.37. The standard InChI is InChI=1S/C32H33ClN8O8S/c1-17-19(49-31(46)48-17)15-47-30(45)36-16-32(2)9-12-40(13-10-32)22-14-35-28(25(34)38-22)50-20-7-5-6-18(24(20)33)37-26(42)23-27(43)39-21-8-3-4-11-41(21)29(23)44/h3-8,11,14,30,36,43,45H,9-10,12-13,15-16H2,1-2H3,(H2,34,38)(H,37,42). The van der Waals surface area contributed by atoms with Crippen LogP contribution in [0.5, 0.6) is 5.88 Å². The Labute approximate surface area is 293 Å². The average Bonchev–Trinajstić information content (AvgIpc) is 3.42. The van der Waals surface area contributed by atoms with E-state index in [1.165, 1.54) is 12.3 Å². The third-order valence-corrected chi connectivity index (χ3v) is 9.90. The molecule has 1 aromatic carbocycles. The molecular formula is C32H33ClN8O8S. The third kappa shape index (κ3) is 7.61. The molecule has 0 radical (unpaired) electrons. The molecule has 0 aliphatic carbocycles. The molecular weight excluding hydrogens is 692 g/mol.